The van der Waals surface area contributed by atoms with E-state index in [-0.39, 0.29) is 0 Å². The summed E-state index contributed by atoms with van der Waals surface area (Å²) in [5.41, 5.74) is 2.41. The summed E-state index contributed by atoms with van der Waals surface area (Å²) >= 11 is 0. The molecular formula is C20H23NO2. The van der Waals surface area contributed by atoms with E-state index in [1.54, 1.807) is 0 Å². The number of ether oxygens (including phenoxy) is 1. The molecule has 0 saturated carbocycles. The zero-order valence-electron chi connectivity index (χ0n) is 13.4. The highest BCUT2D eigenvalue weighted by Crippen LogP contribution is 2.20. The van der Waals surface area contributed by atoms with E-state index >= 15 is 0 Å². The summed E-state index contributed by atoms with van der Waals surface area (Å²) in [4.78, 5) is 13.7. The molecule has 0 unspecified atom stereocenters. The molecule has 0 N–H and O–H groups in total. The molecule has 2 aromatic rings. The van der Waals surface area contributed by atoms with Crippen molar-refractivity contribution in [3.63, 3.8) is 0 Å². The lowest BCUT2D eigenvalue weighted by Crippen LogP contribution is -2.35. The number of rotatable bonds is 6. The maximum absolute atomic E-state index is 11.3. The second-order valence-corrected chi connectivity index (χ2v) is 6.01. The van der Waals surface area contributed by atoms with Gasteiger partial charge in [-0.25, -0.2) is 0 Å². The van der Waals surface area contributed by atoms with E-state index in [1.165, 1.54) is 11.1 Å². The number of para-hydroxylation sites is 1. The Kier molecular flexibility index (Phi) is 5.43. The van der Waals surface area contributed by atoms with Crippen LogP contribution in [0.25, 0.3) is 0 Å². The van der Waals surface area contributed by atoms with Crippen molar-refractivity contribution < 1.29 is 9.53 Å². The van der Waals surface area contributed by atoms with Crippen molar-refractivity contribution in [2.45, 2.75) is 25.9 Å². The lowest BCUT2D eigenvalue weighted by atomic mass is 10.1. The molecule has 0 atom stereocenters. The van der Waals surface area contributed by atoms with E-state index < -0.39 is 0 Å². The summed E-state index contributed by atoms with van der Waals surface area (Å²) in [7, 11) is 0. The molecule has 1 saturated heterocycles. The molecule has 1 heterocycles. The Labute approximate surface area is 137 Å². The molecule has 0 bridgehead atoms. The SMILES string of the molecule is O=C1CCN(CCc2ccccc2OCc2ccccc2)CC1. The summed E-state index contributed by atoms with van der Waals surface area (Å²) < 4.78 is 6.01. The fourth-order valence-electron chi connectivity index (χ4n) is 2.89. The van der Waals surface area contributed by atoms with Gasteiger partial charge in [0.2, 0.25) is 0 Å². The van der Waals surface area contributed by atoms with Crippen molar-refractivity contribution in [3.8, 4) is 5.75 Å². The van der Waals surface area contributed by atoms with Gasteiger partial charge >= 0.3 is 0 Å². The molecule has 3 heteroatoms. The summed E-state index contributed by atoms with van der Waals surface area (Å²) in [6.45, 7) is 3.37. The van der Waals surface area contributed by atoms with E-state index in [9.17, 15) is 4.79 Å². The monoisotopic (exact) mass is 309 g/mol. The largest absolute Gasteiger partial charge is 0.489 e. The number of benzene rings is 2. The molecule has 1 aliphatic rings. The van der Waals surface area contributed by atoms with Crippen molar-refractivity contribution in [2.24, 2.45) is 0 Å². The van der Waals surface area contributed by atoms with Gasteiger partial charge in [-0.05, 0) is 23.6 Å². The van der Waals surface area contributed by atoms with Gasteiger partial charge in [0.15, 0.2) is 0 Å². The molecule has 3 nitrogen and oxygen atoms in total. The second kappa shape index (κ2) is 7.93. The fraction of sp³-hybridized carbons (Fsp3) is 0.350. The van der Waals surface area contributed by atoms with Gasteiger partial charge in [-0.3, -0.25) is 4.79 Å². The number of hydrogen-bond acceptors (Lipinski definition) is 3. The number of carbonyl (C=O) groups excluding carboxylic acids is 1. The average molecular weight is 309 g/mol. The standard InChI is InChI=1S/C20H23NO2/c22-19-11-14-21(15-12-19)13-10-18-8-4-5-9-20(18)23-16-17-6-2-1-3-7-17/h1-9H,10-16H2. The number of piperidine rings is 1. The number of ketones is 1. The Morgan fingerprint density at radius 1 is 0.913 bits per heavy atom. The zero-order chi connectivity index (χ0) is 15.9. The lowest BCUT2D eigenvalue weighted by Gasteiger charge is -2.26. The van der Waals surface area contributed by atoms with Gasteiger partial charge in [-0.2, -0.15) is 0 Å². The number of hydrogen-bond donors (Lipinski definition) is 0. The van der Waals surface area contributed by atoms with E-state index in [1.807, 2.05) is 30.3 Å². The quantitative estimate of drug-likeness (QED) is 0.818. The number of likely N-dealkylation sites (tertiary alicyclic amines) is 1. The summed E-state index contributed by atoms with van der Waals surface area (Å²) in [5.74, 6) is 1.36. The van der Waals surface area contributed by atoms with Crippen molar-refractivity contribution in [1.29, 1.82) is 0 Å². The average Bonchev–Trinajstić information content (AvgIpc) is 2.61. The minimum absolute atomic E-state index is 0.396. The van der Waals surface area contributed by atoms with Crippen molar-refractivity contribution >= 4 is 5.78 Å². The molecule has 0 spiro atoms. The molecule has 3 rings (SSSR count). The Morgan fingerprint density at radius 3 is 2.39 bits per heavy atom. The maximum Gasteiger partial charge on any atom is 0.135 e. The second-order valence-electron chi connectivity index (χ2n) is 6.01. The summed E-state index contributed by atoms with van der Waals surface area (Å²) in [6.07, 6.45) is 2.36. The van der Waals surface area contributed by atoms with Gasteiger partial charge < -0.3 is 9.64 Å². The van der Waals surface area contributed by atoms with Crippen LogP contribution in [-0.2, 0) is 17.8 Å². The maximum atomic E-state index is 11.3. The van der Waals surface area contributed by atoms with E-state index in [0.717, 1.165) is 31.8 Å². The predicted molar refractivity (Wildman–Crippen MR) is 91.6 cm³/mol. The van der Waals surface area contributed by atoms with Crippen LogP contribution >= 0.6 is 0 Å². The third-order valence-corrected chi connectivity index (χ3v) is 4.32. The van der Waals surface area contributed by atoms with Crippen LogP contribution in [0.15, 0.2) is 54.6 Å². The third kappa shape index (κ3) is 4.67. The van der Waals surface area contributed by atoms with Crippen LogP contribution in [0.2, 0.25) is 0 Å². The van der Waals surface area contributed by atoms with Crippen molar-refractivity contribution in [3.05, 3.63) is 65.7 Å². The van der Waals surface area contributed by atoms with Gasteiger partial charge in [0.1, 0.15) is 18.1 Å². The molecule has 2 aromatic carbocycles. The van der Waals surface area contributed by atoms with Crippen LogP contribution in [0, 0.1) is 0 Å². The molecule has 1 fully saturated rings. The smallest absolute Gasteiger partial charge is 0.135 e. The third-order valence-electron chi connectivity index (χ3n) is 4.32. The molecule has 1 aliphatic heterocycles. The van der Waals surface area contributed by atoms with Crippen molar-refractivity contribution in [2.75, 3.05) is 19.6 Å². The lowest BCUT2D eigenvalue weighted by molar-refractivity contribution is -0.121. The fourth-order valence-corrected chi connectivity index (χ4v) is 2.89. The summed E-state index contributed by atoms with van der Waals surface area (Å²) in [5, 5.41) is 0. The number of Topliss-reactive ketones (excluding diaryl/α,β-unsaturated/α-hetero) is 1. The van der Waals surface area contributed by atoms with E-state index in [4.69, 9.17) is 4.74 Å². The van der Waals surface area contributed by atoms with Gasteiger partial charge in [0.05, 0.1) is 0 Å². The first kappa shape index (κ1) is 15.8. The van der Waals surface area contributed by atoms with Crippen LogP contribution in [0.4, 0.5) is 0 Å². The van der Waals surface area contributed by atoms with Crippen LogP contribution in [0.3, 0.4) is 0 Å². The highest BCUT2D eigenvalue weighted by Gasteiger charge is 2.16. The van der Waals surface area contributed by atoms with Crippen LogP contribution in [0.1, 0.15) is 24.0 Å². The highest BCUT2D eigenvalue weighted by molar-refractivity contribution is 5.79. The van der Waals surface area contributed by atoms with Gasteiger partial charge in [-0.15, -0.1) is 0 Å². The molecular weight excluding hydrogens is 286 g/mol. The topological polar surface area (TPSA) is 29.5 Å². The first-order valence-electron chi connectivity index (χ1n) is 8.30. The van der Waals surface area contributed by atoms with E-state index in [2.05, 4.69) is 29.2 Å². The van der Waals surface area contributed by atoms with Crippen molar-refractivity contribution in [1.82, 2.24) is 4.90 Å². The minimum atomic E-state index is 0.396. The molecule has 0 aliphatic carbocycles. The van der Waals surface area contributed by atoms with Gasteiger partial charge in [-0.1, -0.05) is 48.5 Å². The van der Waals surface area contributed by atoms with Crippen LogP contribution < -0.4 is 4.74 Å². The zero-order valence-corrected chi connectivity index (χ0v) is 13.4. The highest BCUT2D eigenvalue weighted by atomic mass is 16.5. The Bertz CT molecular complexity index is 629. The Morgan fingerprint density at radius 2 is 1.61 bits per heavy atom. The summed E-state index contributed by atoms with van der Waals surface area (Å²) in [6, 6.07) is 18.5. The molecule has 23 heavy (non-hydrogen) atoms. The first-order valence-corrected chi connectivity index (χ1v) is 8.30. The Balaban J connectivity index is 1.56. The first-order chi connectivity index (χ1) is 11.3. The van der Waals surface area contributed by atoms with Gasteiger partial charge in [0, 0.05) is 32.5 Å². The minimum Gasteiger partial charge on any atom is -0.489 e. The van der Waals surface area contributed by atoms with Crippen LogP contribution in [0.5, 0.6) is 5.75 Å². The molecule has 0 radical (unpaired) electrons. The molecule has 0 amide bonds. The van der Waals surface area contributed by atoms with Gasteiger partial charge in [0.25, 0.3) is 0 Å². The Hall–Kier alpha value is -2.13. The molecule has 120 valence electrons. The van der Waals surface area contributed by atoms with Crippen LogP contribution in [-0.4, -0.2) is 30.3 Å². The normalized spacial score (nSPS) is 15.6. The molecule has 0 aromatic heterocycles. The predicted octanol–water partition coefficient (Wildman–Crippen LogP) is 3.47. The van der Waals surface area contributed by atoms with E-state index in [0.29, 0.717) is 25.2 Å². The number of carbonyl (C=O) groups is 1. The number of nitrogens with zero attached hydrogens (tertiary/aromatic N) is 1.